The minimum Gasteiger partial charge on any atom is -0.491 e. The molecule has 3 N–H and O–H groups in total. The molecule has 4 nitrogen and oxygen atoms in total. The molecule has 2 rings (SSSR count). The van der Waals surface area contributed by atoms with Crippen LogP contribution in [-0.4, -0.2) is 18.6 Å². The zero-order valence-corrected chi connectivity index (χ0v) is 13.6. The number of amides is 1. The van der Waals surface area contributed by atoms with Crippen LogP contribution in [0.25, 0.3) is 0 Å². The third kappa shape index (κ3) is 4.93. The summed E-state index contributed by atoms with van der Waals surface area (Å²) in [7, 11) is 0. The van der Waals surface area contributed by atoms with Gasteiger partial charge in [0.1, 0.15) is 5.75 Å². The highest BCUT2D eigenvalue weighted by atomic mass is 16.5. The summed E-state index contributed by atoms with van der Waals surface area (Å²) in [5.41, 5.74) is 7.14. The van der Waals surface area contributed by atoms with Crippen molar-refractivity contribution in [1.82, 2.24) is 5.32 Å². The standard InChI is InChI=1S/C18H28N2O2/c1-2-3-12-22-17-11-10-14(13-16(17)19)18(21)20-15-8-6-4-5-7-9-15/h10-11,13,15H,2-9,12,19H2,1H3,(H,20,21). The summed E-state index contributed by atoms with van der Waals surface area (Å²) >= 11 is 0. The minimum atomic E-state index is -0.0290. The van der Waals surface area contributed by atoms with Crippen molar-refractivity contribution in [2.75, 3.05) is 12.3 Å². The molecule has 0 aliphatic heterocycles. The van der Waals surface area contributed by atoms with Gasteiger partial charge in [0.2, 0.25) is 0 Å². The van der Waals surface area contributed by atoms with Crippen LogP contribution >= 0.6 is 0 Å². The van der Waals surface area contributed by atoms with Crippen molar-refractivity contribution in [1.29, 1.82) is 0 Å². The molecule has 0 bridgehead atoms. The van der Waals surface area contributed by atoms with Gasteiger partial charge in [0.05, 0.1) is 12.3 Å². The van der Waals surface area contributed by atoms with E-state index in [1.807, 2.05) is 0 Å². The highest BCUT2D eigenvalue weighted by Crippen LogP contribution is 2.23. The van der Waals surface area contributed by atoms with E-state index in [9.17, 15) is 4.79 Å². The number of nitrogens with one attached hydrogen (secondary N) is 1. The number of ether oxygens (including phenoxy) is 1. The summed E-state index contributed by atoms with van der Waals surface area (Å²) in [6, 6.07) is 5.61. The maximum atomic E-state index is 12.3. The number of rotatable bonds is 6. The van der Waals surface area contributed by atoms with E-state index in [0.29, 0.717) is 29.6 Å². The van der Waals surface area contributed by atoms with Crippen LogP contribution in [0.1, 0.15) is 68.6 Å². The van der Waals surface area contributed by atoms with E-state index in [1.165, 1.54) is 25.7 Å². The molecule has 122 valence electrons. The Hall–Kier alpha value is -1.71. The van der Waals surface area contributed by atoms with Gasteiger partial charge in [-0.3, -0.25) is 4.79 Å². The van der Waals surface area contributed by atoms with Crippen LogP contribution in [0.4, 0.5) is 5.69 Å². The molecule has 1 aromatic rings. The predicted octanol–water partition coefficient (Wildman–Crippen LogP) is 3.90. The van der Waals surface area contributed by atoms with Crippen molar-refractivity contribution in [3.8, 4) is 5.75 Å². The van der Waals surface area contributed by atoms with Gasteiger partial charge in [0, 0.05) is 11.6 Å². The topological polar surface area (TPSA) is 64.3 Å². The Morgan fingerprint density at radius 1 is 1.27 bits per heavy atom. The lowest BCUT2D eigenvalue weighted by Crippen LogP contribution is -2.34. The van der Waals surface area contributed by atoms with Crippen LogP contribution in [0.3, 0.4) is 0 Å². The van der Waals surface area contributed by atoms with Crippen molar-refractivity contribution >= 4 is 11.6 Å². The molecule has 0 radical (unpaired) electrons. The number of benzene rings is 1. The summed E-state index contributed by atoms with van der Waals surface area (Å²) in [5.74, 6) is 0.637. The van der Waals surface area contributed by atoms with Crippen LogP contribution < -0.4 is 15.8 Å². The van der Waals surface area contributed by atoms with E-state index in [0.717, 1.165) is 25.7 Å². The second-order valence-corrected chi connectivity index (χ2v) is 6.12. The Balaban J connectivity index is 1.93. The number of anilines is 1. The van der Waals surface area contributed by atoms with E-state index < -0.39 is 0 Å². The van der Waals surface area contributed by atoms with Crippen LogP contribution in [0.5, 0.6) is 5.75 Å². The third-order valence-corrected chi connectivity index (χ3v) is 4.22. The number of unbranched alkanes of at least 4 members (excludes halogenated alkanes) is 1. The first-order valence-corrected chi connectivity index (χ1v) is 8.54. The predicted molar refractivity (Wildman–Crippen MR) is 90.2 cm³/mol. The molecule has 1 aliphatic carbocycles. The molecule has 0 heterocycles. The van der Waals surface area contributed by atoms with Gasteiger partial charge < -0.3 is 15.8 Å². The molecule has 4 heteroatoms. The van der Waals surface area contributed by atoms with Crippen LogP contribution in [0, 0.1) is 0 Å². The Bertz CT molecular complexity index is 480. The Morgan fingerprint density at radius 2 is 2.00 bits per heavy atom. The summed E-state index contributed by atoms with van der Waals surface area (Å²) in [5, 5.41) is 3.14. The molecule has 1 saturated carbocycles. The fourth-order valence-electron chi connectivity index (χ4n) is 2.84. The van der Waals surface area contributed by atoms with Gasteiger partial charge in [0.15, 0.2) is 0 Å². The summed E-state index contributed by atoms with van der Waals surface area (Å²) < 4.78 is 5.62. The fraction of sp³-hybridized carbons (Fsp3) is 0.611. The second kappa shape index (κ2) is 8.66. The Morgan fingerprint density at radius 3 is 2.64 bits per heavy atom. The number of nitrogens with two attached hydrogens (primary N) is 1. The average molecular weight is 304 g/mol. The van der Waals surface area contributed by atoms with Crippen molar-refractivity contribution in [3.05, 3.63) is 23.8 Å². The van der Waals surface area contributed by atoms with Gasteiger partial charge in [0.25, 0.3) is 5.91 Å². The van der Waals surface area contributed by atoms with Crippen LogP contribution in [-0.2, 0) is 0 Å². The van der Waals surface area contributed by atoms with Crippen molar-refractivity contribution in [3.63, 3.8) is 0 Å². The Labute approximate surface area is 133 Å². The molecular formula is C18H28N2O2. The molecule has 0 spiro atoms. The normalized spacial score (nSPS) is 16.0. The number of carbonyl (C=O) groups is 1. The van der Waals surface area contributed by atoms with Crippen molar-refractivity contribution in [2.24, 2.45) is 0 Å². The Kier molecular flexibility index (Phi) is 6.56. The number of hydrogen-bond acceptors (Lipinski definition) is 3. The average Bonchev–Trinajstić information content (AvgIpc) is 2.77. The molecule has 0 atom stereocenters. The van der Waals surface area contributed by atoms with Gasteiger partial charge >= 0.3 is 0 Å². The van der Waals surface area contributed by atoms with Gasteiger partial charge in [-0.25, -0.2) is 0 Å². The highest BCUT2D eigenvalue weighted by Gasteiger charge is 2.16. The molecule has 0 saturated heterocycles. The number of carbonyl (C=O) groups excluding carboxylic acids is 1. The lowest BCUT2D eigenvalue weighted by Gasteiger charge is -2.17. The van der Waals surface area contributed by atoms with E-state index in [1.54, 1.807) is 18.2 Å². The lowest BCUT2D eigenvalue weighted by molar-refractivity contribution is 0.0933. The highest BCUT2D eigenvalue weighted by molar-refractivity contribution is 5.95. The molecule has 1 aromatic carbocycles. The molecule has 0 aromatic heterocycles. The SMILES string of the molecule is CCCCOc1ccc(C(=O)NC2CCCCCC2)cc1N. The molecule has 0 unspecified atom stereocenters. The maximum absolute atomic E-state index is 12.3. The number of hydrogen-bond donors (Lipinski definition) is 2. The van der Waals surface area contributed by atoms with Crippen LogP contribution in [0.15, 0.2) is 18.2 Å². The lowest BCUT2D eigenvalue weighted by atomic mass is 10.1. The summed E-state index contributed by atoms with van der Waals surface area (Å²) in [4.78, 5) is 12.3. The van der Waals surface area contributed by atoms with Gasteiger partial charge in [-0.15, -0.1) is 0 Å². The van der Waals surface area contributed by atoms with E-state index >= 15 is 0 Å². The first-order valence-electron chi connectivity index (χ1n) is 8.54. The van der Waals surface area contributed by atoms with E-state index in [4.69, 9.17) is 10.5 Å². The summed E-state index contributed by atoms with van der Waals surface area (Å²) in [6.45, 7) is 2.78. The second-order valence-electron chi connectivity index (χ2n) is 6.12. The molecular weight excluding hydrogens is 276 g/mol. The van der Waals surface area contributed by atoms with Gasteiger partial charge in [-0.2, -0.15) is 0 Å². The first kappa shape index (κ1) is 16.7. The van der Waals surface area contributed by atoms with Gasteiger partial charge in [-0.05, 0) is 37.5 Å². The first-order chi connectivity index (χ1) is 10.7. The number of nitrogen functional groups attached to an aromatic ring is 1. The molecule has 1 fully saturated rings. The maximum Gasteiger partial charge on any atom is 0.251 e. The summed E-state index contributed by atoms with van der Waals surface area (Å²) in [6.07, 6.45) is 9.23. The van der Waals surface area contributed by atoms with Crippen molar-refractivity contribution in [2.45, 2.75) is 64.3 Å². The minimum absolute atomic E-state index is 0.0290. The fourth-order valence-corrected chi connectivity index (χ4v) is 2.84. The van der Waals surface area contributed by atoms with E-state index in [2.05, 4.69) is 12.2 Å². The third-order valence-electron chi connectivity index (χ3n) is 4.22. The largest absolute Gasteiger partial charge is 0.491 e. The molecule has 1 amide bonds. The monoisotopic (exact) mass is 304 g/mol. The zero-order chi connectivity index (χ0) is 15.8. The zero-order valence-electron chi connectivity index (χ0n) is 13.6. The van der Waals surface area contributed by atoms with Crippen molar-refractivity contribution < 1.29 is 9.53 Å². The quantitative estimate of drug-likeness (QED) is 0.476. The van der Waals surface area contributed by atoms with Crippen LogP contribution in [0.2, 0.25) is 0 Å². The van der Waals surface area contributed by atoms with E-state index in [-0.39, 0.29) is 5.91 Å². The van der Waals surface area contributed by atoms with Gasteiger partial charge in [-0.1, -0.05) is 39.0 Å². The molecule has 1 aliphatic rings. The smallest absolute Gasteiger partial charge is 0.251 e. The molecule has 22 heavy (non-hydrogen) atoms.